The molecule has 4 rings (SSSR count). The number of morpholine rings is 1. The SMILES string of the molecule is CC(C)N(CCSc1nc2cc(S(=O)(=O)N3CCOCC3)ccc2n1CC1CCCO1)C(C)C. The van der Waals surface area contributed by atoms with Crippen LogP contribution in [0.2, 0.25) is 0 Å². The van der Waals surface area contributed by atoms with Crippen LogP contribution in [-0.2, 0) is 26.0 Å². The van der Waals surface area contributed by atoms with Gasteiger partial charge in [-0.1, -0.05) is 11.8 Å². The lowest BCUT2D eigenvalue weighted by molar-refractivity contribution is 0.0730. The van der Waals surface area contributed by atoms with Crippen molar-refractivity contribution in [1.82, 2.24) is 18.8 Å². The Bertz CT molecular complexity index is 1050. The maximum absolute atomic E-state index is 13.2. The second-order valence-corrected chi connectivity index (χ2v) is 12.6. The van der Waals surface area contributed by atoms with Gasteiger partial charge in [0.15, 0.2) is 5.16 Å². The summed E-state index contributed by atoms with van der Waals surface area (Å²) in [6, 6.07) is 6.32. The quantitative estimate of drug-likeness (QED) is 0.453. The maximum atomic E-state index is 13.2. The van der Waals surface area contributed by atoms with Crippen molar-refractivity contribution in [2.45, 2.75) is 75.3 Å². The van der Waals surface area contributed by atoms with Crippen LogP contribution in [0.4, 0.5) is 0 Å². The van der Waals surface area contributed by atoms with Crippen LogP contribution >= 0.6 is 11.8 Å². The minimum Gasteiger partial charge on any atom is -0.379 e. The predicted octanol–water partition coefficient (Wildman–Crippen LogP) is 3.45. The topological polar surface area (TPSA) is 76.9 Å². The van der Waals surface area contributed by atoms with Crippen molar-refractivity contribution in [3.63, 3.8) is 0 Å². The molecular formula is C24H38N4O4S2. The molecule has 190 valence electrons. The molecule has 3 heterocycles. The molecule has 2 fully saturated rings. The molecule has 1 unspecified atom stereocenters. The monoisotopic (exact) mass is 510 g/mol. The summed E-state index contributed by atoms with van der Waals surface area (Å²) in [4.78, 5) is 7.68. The van der Waals surface area contributed by atoms with Gasteiger partial charge in [-0.15, -0.1) is 0 Å². The molecule has 1 aromatic heterocycles. The molecule has 1 aromatic carbocycles. The lowest BCUT2D eigenvalue weighted by Crippen LogP contribution is -2.40. The highest BCUT2D eigenvalue weighted by Crippen LogP contribution is 2.29. The van der Waals surface area contributed by atoms with Gasteiger partial charge in [0.1, 0.15) is 0 Å². The number of ether oxygens (including phenoxy) is 2. The number of sulfonamides is 1. The molecule has 10 heteroatoms. The van der Waals surface area contributed by atoms with E-state index < -0.39 is 10.0 Å². The normalized spacial score (nSPS) is 20.4. The van der Waals surface area contributed by atoms with Gasteiger partial charge in [-0.05, 0) is 58.7 Å². The number of nitrogens with zero attached hydrogens (tertiary/aromatic N) is 4. The zero-order valence-corrected chi connectivity index (χ0v) is 22.4. The summed E-state index contributed by atoms with van der Waals surface area (Å²) in [7, 11) is -3.56. The first-order valence-corrected chi connectivity index (χ1v) is 14.8. The van der Waals surface area contributed by atoms with E-state index in [0.29, 0.717) is 43.3 Å². The molecule has 0 amide bonds. The molecule has 1 atom stereocenters. The number of thioether (sulfide) groups is 1. The average Bonchev–Trinajstić information content (AvgIpc) is 3.44. The molecule has 0 spiro atoms. The molecule has 34 heavy (non-hydrogen) atoms. The van der Waals surface area contributed by atoms with E-state index >= 15 is 0 Å². The van der Waals surface area contributed by atoms with Crippen LogP contribution in [-0.4, -0.2) is 90.6 Å². The average molecular weight is 511 g/mol. The summed E-state index contributed by atoms with van der Waals surface area (Å²) in [6.07, 6.45) is 2.30. The van der Waals surface area contributed by atoms with Gasteiger partial charge in [0.2, 0.25) is 10.0 Å². The Balaban J connectivity index is 1.60. The Morgan fingerprint density at radius 2 is 1.88 bits per heavy atom. The summed E-state index contributed by atoms with van der Waals surface area (Å²) in [5.41, 5.74) is 1.68. The maximum Gasteiger partial charge on any atom is 0.243 e. The molecule has 0 bridgehead atoms. The van der Waals surface area contributed by atoms with E-state index in [0.717, 1.165) is 54.5 Å². The fraction of sp³-hybridized carbons (Fsp3) is 0.708. The van der Waals surface area contributed by atoms with Crippen LogP contribution in [0, 0.1) is 0 Å². The van der Waals surface area contributed by atoms with Gasteiger partial charge < -0.3 is 14.0 Å². The third-order valence-corrected chi connectivity index (χ3v) is 9.46. The lowest BCUT2D eigenvalue weighted by Gasteiger charge is -2.30. The number of benzene rings is 1. The molecule has 0 radical (unpaired) electrons. The van der Waals surface area contributed by atoms with Gasteiger partial charge in [0.25, 0.3) is 0 Å². The minimum absolute atomic E-state index is 0.177. The number of rotatable bonds is 10. The van der Waals surface area contributed by atoms with Crippen LogP contribution in [0.1, 0.15) is 40.5 Å². The molecule has 2 aliphatic heterocycles. The second kappa shape index (κ2) is 11.3. The van der Waals surface area contributed by atoms with E-state index in [1.807, 2.05) is 6.07 Å². The zero-order valence-electron chi connectivity index (χ0n) is 20.8. The highest BCUT2D eigenvalue weighted by Gasteiger charge is 2.28. The van der Waals surface area contributed by atoms with Crippen LogP contribution in [0.25, 0.3) is 11.0 Å². The van der Waals surface area contributed by atoms with E-state index in [-0.39, 0.29) is 6.10 Å². The Morgan fingerprint density at radius 3 is 2.53 bits per heavy atom. The van der Waals surface area contributed by atoms with Gasteiger partial charge in [-0.25, -0.2) is 13.4 Å². The number of hydrogen-bond acceptors (Lipinski definition) is 7. The van der Waals surface area contributed by atoms with Gasteiger partial charge in [0, 0.05) is 44.1 Å². The van der Waals surface area contributed by atoms with Crippen molar-refractivity contribution in [2.75, 3.05) is 45.2 Å². The standard InChI is InChI=1S/C24H38N4O4S2/c1-18(2)27(19(3)4)11-15-33-24-25-22-16-21(34(29,30)26-9-13-31-14-10-26)7-8-23(22)28(24)17-20-6-5-12-32-20/h7-8,16,18-20H,5-6,9-15,17H2,1-4H3. The fourth-order valence-electron chi connectivity index (χ4n) is 4.82. The van der Waals surface area contributed by atoms with E-state index in [1.165, 1.54) is 4.31 Å². The van der Waals surface area contributed by atoms with Crippen molar-refractivity contribution >= 4 is 32.8 Å². The third-order valence-electron chi connectivity index (χ3n) is 6.61. The van der Waals surface area contributed by atoms with Crippen molar-refractivity contribution in [2.24, 2.45) is 0 Å². The van der Waals surface area contributed by atoms with Crippen LogP contribution in [0.15, 0.2) is 28.3 Å². The first-order valence-electron chi connectivity index (χ1n) is 12.4. The summed E-state index contributed by atoms with van der Waals surface area (Å²) in [5, 5.41) is 0.930. The highest BCUT2D eigenvalue weighted by atomic mass is 32.2. The molecule has 8 nitrogen and oxygen atoms in total. The summed E-state index contributed by atoms with van der Waals surface area (Å²) in [5.74, 6) is 0.921. The molecule has 0 saturated carbocycles. The third kappa shape index (κ3) is 5.79. The number of imidazole rings is 1. The van der Waals surface area contributed by atoms with Gasteiger partial charge in [-0.3, -0.25) is 4.90 Å². The van der Waals surface area contributed by atoms with Crippen LogP contribution < -0.4 is 0 Å². The lowest BCUT2D eigenvalue weighted by atomic mass is 10.2. The van der Waals surface area contributed by atoms with Gasteiger partial charge in [-0.2, -0.15) is 4.31 Å². The molecular weight excluding hydrogens is 472 g/mol. The molecule has 2 saturated heterocycles. The van der Waals surface area contributed by atoms with Crippen molar-refractivity contribution in [3.8, 4) is 0 Å². The van der Waals surface area contributed by atoms with E-state index in [2.05, 4.69) is 37.2 Å². The van der Waals surface area contributed by atoms with E-state index in [1.54, 1.807) is 23.9 Å². The zero-order chi connectivity index (χ0) is 24.3. The molecule has 0 aliphatic carbocycles. The largest absolute Gasteiger partial charge is 0.379 e. The smallest absolute Gasteiger partial charge is 0.243 e. The summed E-state index contributed by atoms with van der Waals surface area (Å²) in [6.45, 7) is 13.1. The van der Waals surface area contributed by atoms with Gasteiger partial charge in [0.05, 0.1) is 41.8 Å². The van der Waals surface area contributed by atoms with E-state index in [4.69, 9.17) is 14.5 Å². The van der Waals surface area contributed by atoms with E-state index in [9.17, 15) is 8.42 Å². The highest BCUT2D eigenvalue weighted by molar-refractivity contribution is 7.99. The first kappa shape index (κ1) is 25.9. The number of aromatic nitrogens is 2. The summed E-state index contributed by atoms with van der Waals surface area (Å²) < 4.78 is 41.3. The Labute approximate surface area is 208 Å². The second-order valence-electron chi connectivity index (χ2n) is 9.58. The molecule has 2 aliphatic rings. The number of fused-ring (bicyclic) bond motifs is 1. The molecule has 0 N–H and O–H groups in total. The Kier molecular flexibility index (Phi) is 8.58. The van der Waals surface area contributed by atoms with Gasteiger partial charge >= 0.3 is 0 Å². The number of hydrogen-bond donors (Lipinski definition) is 0. The fourth-order valence-corrected chi connectivity index (χ4v) is 7.22. The van der Waals surface area contributed by atoms with Crippen LogP contribution in [0.3, 0.4) is 0 Å². The Hall–Kier alpha value is -1.17. The predicted molar refractivity (Wildman–Crippen MR) is 136 cm³/mol. The summed E-state index contributed by atoms with van der Waals surface area (Å²) >= 11 is 1.74. The van der Waals surface area contributed by atoms with Crippen molar-refractivity contribution in [1.29, 1.82) is 0 Å². The van der Waals surface area contributed by atoms with Crippen LogP contribution in [0.5, 0.6) is 0 Å². The van der Waals surface area contributed by atoms with Crippen molar-refractivity contribution < 1.29 is 17.9 Å². The minimum atomic E-state index is -3.56. The molecule has 2 aromatic rings. The van der Waals surface area contributed by atoms with Crippen molar-refractivity contribution in [3.05, 3.63) is 18.2 Å². The first-order chi connectivity index (χ1) is 16.3. The Morgan fingerprint density at radius 1 is 1.15 bits per heavy atom.